The Balaban J connectivity index is 1.69. The zero-order valence-electron chi connectivity index (χ0n) is 15.3. The van der Waals surface area contributed by atoms with Gasteiger partial charge in [-0.15, -0.1) is 0 Å². The lowest BCUT2D eigenvalue weighted by Gasteiger charge is -2.13. The fourth-order valence-electron chi connectivity index (χ4n) is 3.19. The lowest BCUT2D eigenvalue weighted by atomic mass is 10.0. The number of hydrogen-bond donors (Lipinski definition) is 0. The number of benzene rings is 3. The summed E-state index contributed by atoms with van der Waals surface area (Å²) in [6, 6.07) is 16.7. The number of methoxy groups -OCH3 is 1. The van der Waals surface area contributed by atoms with Gasteiger partial charge < -0.3 is 4.74 Å². The standard InChI is InChI=1S/C22H15Cl2NO3S/c1-28-19-9-7-14-4-2-3-5-15(14)16(19)11-20-21(26)25(22(27)29-20)12-13-6-8-17(23)18(24)10-13/h2-11H,12H2,1H3/b20-11-. The first-order valence-electron chi connectivity index (χ1n) is 8.73. The van der Waals surface area contributed by atoms with Crippen LogP contribution in [0.15, 0.2) is 59.5 Å². The molecular weight excluding hydrogens is 429 g/mol. The molecule has 3 aromatic carbocycles. The number of carbonyl (C=O) groups is 2. The molecule has 1 aliphatic rings. The van der Waals surface area contributed by atoms with Crippen molar-refractivity contribution in [3.63, 3.8) is 0 Å². The maximum atomic E-state index is 12.9. The molecule has 2 amide bonds. The van der Waals surface area contributed by atoms with Crippen LogP contribution in [0.3, 0.4) is 0 Å². The summed E-state index contributed by atoms with van der Waals surface area (Å²) >= 11 is 12.9. The van der Waals surface area contributed by atoms with Gasteiger partial charge in [-0.25, -0.2) is 0 Å². The van der Waals surface area contributed by atoms with Gasteiger partial charge in [-0.3, -0.25) is 14.5 Å². The molecule has 1 aliphatic heterocycles. The Morgan fingerprint density at radius 2 is 1.83 bits per heavy atom. The molecule has 0 atom stereocenters. The van der Waals surface area contributed by atoms with Crippen molar-refractivity contribution in [2.24, 2.45) is 0 Å². The van der Waals surface area contributed by atoms with Gasteiger partial charge in [0.25, 0.3) is 11.1 Å². The molecule has 0 saturated carbocycles. The molecule has 7 heteroatoms. The molecule has 4 rings (SSSR count). The molecule has 0 spiro atoms. The normalized spacial score (nSPS) is 15.6. The number of carbonyl (C=O) groups excluding carboxylic acids is 2. The first-order chi connectivity index (χ1) is 14.0. The molecule has 0 bridgehead atoms. The van der Waals surface area contributed by atoms with Gasteiger partial charge in [0.15, 0.2) is 0 Å². The van der Waals surface area contributed by atoms with E-state index in [-0.39, 0.29) is 17.7 Å². The summed E-state index contributed by atoms with van der Waals surface area (Å²) in [5, 5.41) is 2.45. The minimum atomic E-state index is -0.346. The molecule has 0 aliphatic carbocycles. The van der Waals surface area contributed by atoms with Crippen molar-refractivity contribution in [3.05, 3.63) is 80.7 Å². The monoisotopic (exact) mass is 443 g/mol. The van der Waals surface area contributed by atoms with Crippen molar-refractivity contribution < 1.29 is 14.3 Å². The van der Waals surface area contributed by atoms with Crippen molar-refractivity contribution in [3.8, 4) is 5.75 Å². The number of ether oxygens (including phenoxy) is 1. The minimum absolute atomic E-state index is 0.131. The van der Waals surface area contributed by atoms with E-state index in [1.807, 2.05) is 36.4 Å². The zero-order valence-corrected chi connectivity index (χ0v) is 17.6. The Hall–Kier alpha value is -2.47. The van der Waals surface area contributed by atoms with E-state index in [4.69, 9.17) is 27.9 Å². The highest BCUT2D eigenvalue weighted by Crippen LogP contribution is 2.37. The van der Waals surface area contributed by atoms with E-state index in [0.717, 1.165) is 33.7 Å². The fourth-order valence-corrected chi connectivity index (χ4v) is 4.33. The molecular formula is C22H15Cl2NO3S. The van der Waals surface area contributed by atoms with Crippen LogP contribution in [-0.4, -0.2) is 23.2 Å². The largest absolute Gasteiger partial charge is 0.496 e. The Morgan fingerprint density at radius 3 is 2.59 bits per heavy atom. The van der Waals surface area contributed by atoms with E-state index < -0.39 is 0 Å². The van der Waals surface area contributed by atoms with Crippen LogP contribution in [0.1, 0.15) is 11.1 Å². The molecule has 146 valence electrons. The third-order valence-electron chi connectivity index (χ3n) is 4.62. The van der Waals surface area contributed by atoms with E-state index in [1.54, 1.807) is 31.4 Å². The molecule has 0 N–H and O–H groups in total. The first-order valence-corrected chi connectivity index (χ1v) is 10.3. The van der Waals surface area contributed by atoms with Gasteiger partial charge in [0.2, 0.25) is 0 Å². The van der Waals surface area contributed by atoms with Crippen LogP contribution in [0.2, 0.25) is 10.0 Å². The van der Waals surface area contributed by atoms with E-state index in [2.05, 4.69) is 0 Å². The van der Waals surface area contributed by atoms with Gasteiger partial charge in [-0.05, 0) is 52.4 Å². The number of nitrogens with zero attached hydrogens (tertiary/aromatic N) is 1. The number of thioether (sulfide) groups is 1. The van der Waals surface area contributed by atoms with E-state index >= 15 is 0 Å². The van der Waals surface area contributed by atoms with Crippen LogP contribution in [0.4, 0.5) is 4.79 Å². The highest BCUT2D eigenvalue weighted by molar-refractivity contribution is 8.18. The molecule has 0 aromatic heterocycles. The van der Waals surface area contributed by atoms with Gasteiger partial charge in [0.05, 0.1) is 28.6 Å². The molecule has 3 aromatic rings. The molecule has 0 unspecified atom stereocenters. The van der Waals surface area contributed by atoms with Crippen molar-refractivity contribution in [2.75, 3.05) is 7.11 Å². The summed E-state index contributed by atoms with van der Waals surface area (Å²) in [6.07, 6.45) is 1.72. The lowest BCUT2D eigenvalue weighted by molar-refractivity contribution is -0.123. The second-order valence-corrected chi connectivity index (χ2v) is 8.23. The predicted molar refractivity (Wildman–Crippen MR) is 118 cm³/mol. The van der Waals surface area contributed by atoms with Crippen LogP contribution < -0.4 is 4.74 Å². The number of hydrogen-bond acceptors (Lipinski definition) is 4. The number of halogens is 2. The maximum absolute atomic E-state index is 12.9. The Bertz CT molecular complexity index is 1180. The molecule has 1 fully saturated rings. The van der Waals surface area contributed by atoms with Gasteiger partial charge in [-0.1, -0.05) is 59.6 Å². The quantitative estimate of drug-likeness (QED) is 0.438. The predicted octanol–water partition coefficient (Wildman–Crippen LogP) is 6.39. The van der Waals surface area contributed by atoms with Crippen LogP contribution in [0.25, 0.3) is 16.8 Å². The maximum Gasteiger partial charge on any atom is 0.293 e. The Labute approximate surface area is 182 Å². The molecule has 1 saturated heterocycles. The molecule has 1 heterocycles. The summed E-state index contributed by atoms with van der Waals surface area (Å²) in [7, 11) is 1.58. The molecule has 0 radical (unpaired) electrons. The summed E-state index contributed by atoms with van der Waals surface area (Å²) in [5.74, 6) is 0.293. The lowest BCUT2D eigenvalue weighted by Crippen LogP contribution is -2.27. The van der Waals surface area contributed by atoms with Crippen molar-refractivity contribution in [2.45, 2.75) is 6.54 Å². The topological polar surface area (TPSA) is 46.6 Å². The van der Waals surface area contributed by atoms with E-state index in [1.165, 1.54) is 4.90 Å². The van der Waals surface area contributed by atoms with Gasteiger partial charge in [-0.2, -0.15) is 0 Å². The third kappa shape index (κ3) is 3.86. The summed E-state index contributed by atoms with van der Waals surface area (Å²) in [6.45, 7) is 0.131. The summed E-state index contributed by atoms with van der Waals surface area (Å²) in [5.41, 5.74) is 1.50. The number of amides is 2. The Kier molecular flexibility index (Phi) is 5.54. The van der Waals surface area contributed by atoms with Gasteiger partial charge in [0, 0.05) is 5.56 Å². The van der Waals surface area contributed by atoms with Gasteiger partial charge >= 0.3 is 0 Å². The second kappa shape index (κ2) is 8.11. The molecule has 29 heavy (non-hydrogen) atoms. The van der Waals surface area contributed by atoms with Crippen molar-refractivity contribution >= 4 is 63.0 Å². The number of rotatable bonds is 4. The SMILES string of the molecule is COc1ccc2ccccc2c1/C=C1\SC(=O)N(Cc2ccc(Cl)c(Cl)c2)C1=O. The summed E-state index contributed by atoms with van der Waals surface area (Å²) < 4.78 is 5.48. The van der Waals surface area contributed by atoms with Crippen LogP contribution in [0, 0.1) is 0 Å². The van der Waals surface area contributed by atoms with E-state index in [0.29, 0.717) is 20.7 Å². The smallest absolute Gasteiger partial charge is 0.293 e. The zero-order chi connectivity index (χ0) is 20.5. The number of imide groups is 1. The van der Waals surface area contributed by atoms with Crippen LogP contribution >= 0.6 is 35.0 Å². The summed E-state index contributed by atoms with van der Waals surface area (Å²) in [4.78, 5) is 27.0. The van der Waals surface area contributed by atoms with Crippen LogP contribution in [-0.2, 0) is 11.3 Å². The second-order valence-electron chi connectivity index (χ2n) is 6.42. The first kappa shape index (κ1) is 19.8. The highest BCUT2D eigenvalue weighted by Gasteiger charge is 2.35. The van der Waals surface area contributed by atoms with Gasteiger partial charge in [0.1, 0.15) is 5.75 Å². The van der Waals surface area contributed by atoms with E-state index in [9.17, 15) is 9.59 Å². The molecule has 4 nitrogen and oxygen atoms in total. The minimum Gasteiger partial charge on any atom is -0.496 e. The number of fused-ring (bicyclic) bond motifs is 1. The average Bonchev–Trinajstić information content (AvgIpc) is 2.98. The fraction of sp³-hybridized carbons (Fsp3) is 0.0909. The van der Waals surface area contributed by atoms with Crippen molar-refractivity contribution in [1.29, 1.82) is 0 Å². The Morgan fingerprint density at radius 1 is 1.03 bits per heavy atom. The van der Waals surface area contributed by atoms with Crippen LogP contribution in [0.5, 0.6) is 5.75 Å². The highest BCUT2D eigenvalue weighted by atomic mass is 35.5. The third-order valence-corrected chi connectivity index (χ3v) is 6.27. The average molecular weight is 444 g/mol. The van der Waals surface area contributed by atoms with Crippen molar-refractivity contribution in [1.82, 2.24) is 4.90 Å².